The van der Waals surface area contributed by atoms with Gasteiger partial charge in [-0.05, 0) is 19.3 Å². The highest BCUT2D eigenvalue weighted by Crippen LogP contribution is 2.04. The van der Waals surface area contributed by atoms with Gasteiger partial charge in [-0.25, -0.2) is 4.98 Å². The Morgan fingerprint density at radius 1 is 1.44 bits per heavy atom. The topological polar surface area (TPSA) is 39.1 Å². The predicted octanol–water partition coefficient (Wildman–Crippen LogP) is 2.38. The van der Waals surface area contributed by atoms with E-state index in [0.717, 1.165) is 38.7 Å². The minimum absolute atomic E-state index is 0.713. The number of imidazole rings is 1. The highest BCUT2D eigenvalue weighted by Gasteiger charge is 2.00. The first-order chi connectivity index (χ1) is 7.74. The molecule has 1 N–H and O–H groups in total. The molecule has 1 aromatic heterocycles. The molecule has 4 nitrogen and oxygen atoms in total. The van der Waals surface area contributed by atoms with Crippen LogP contribution in [0, 0.1) is 5.92 Å². The van der Waals surface area contributed by atoms with Gasteiger partial charge < -0.3 is 14.6 Å². The Hall–Kier alpha value is -1.03. The van der Waals surface area contributed by atoms with Gasteiger partial charge in [-0.2, -0.15) is 0 Å². The molecule has 0 aliphatic carbocycles. The normalized spacial score (nSPS) is 11.0. The Bertz CT molecular complexity index is 284. The fourth-order valence-corrected chi connectivity index (χ4v) is 1.40. The molecular formula is C12H23N3O. The van der Waals surface area contributed by atoms with E-state index < -0.39 is 0 Å². The van der Waals surface area contributed by atoms with Crippen LogP contribution < -0.4 is 5.32 Å². The minimum Gasteiger partial charge on any atom is -0.380 e. The van der Waals surface area contributed by atoms with Crippen molar-refractivity contribution in [3.05, 3.63) is 12.4 Å². The van der Waals surface area contributed by atoms with Crippen molar-refractivity contribution in [1.82, 2.24) is 9.55 Å². The molecule has 1 heterocycles. The SMILES string of the molecule is CCNc1nccn1CCOCCC(C)C. The van der Waals surface area contributed by atoms with E-state index in [4.69, 9.17) is 4.74 Å². The molecule has 0 fully saturated rings. The second-order valence-corrected chi connectivity index (χ2v) is 4.27. The van der Waals surface area contributed by atoms with Gasteiger partial charge in [-0.1, -0.05) is 13.8 Å². The number of hydrogen-bond donors (Lipinski definition) is 1. The van der Waals surface area contributed by atoms with E-state index in [-0.39, 0.29) is 0 Å². The van der Waals surface area contributed by atoms with Crippen molar-refractivity contribution in [1.29, 1.82) is 0 Å². The van der Waals surface area contributed by atoms with Crippen LogP contribution in [0.2, 0.25) is 0 Å². The van der Waals surface area contributed by atoms with Gasteiger partial charge in [0.05, 0.1) is 6.61 Å². The van der Waals surface area contributed by atoms with Crippen molar-refractivity contribution in [2.24, 2.45) is 5.92 Å². The third kappa shape index (κ3) is 4.66. The molecule has 0 aliphatic rings. The van der Waals surface area contributed by atoms with E-state index >= 15 is 0 Å². The van der Waals surface area contributed by atoms with Crippen LogP contribution in [0.5, 0.6) is 0 Å². The molecule has 0 aliphatic heterocycles. The van der Waals surface area contributed by atoms with Crippen LogP contribution in [0.25, 0.3) is 0 Å². The Morgan fingerprint density at radius 2 is 2.25 bits per heavy atom. The van der Waals surface area contributed by atoms with Crippen LogP contribution in [-0.4, -0.2) is 29.3 Å². The van der Waals surface area contributed by atoms with Gasteiger partial charge in [-0.15, -0.1) is 0 Å². The van der Waals surface area contributed by atoms with Crippen molar-refractivity contribution in [3.63, 3.8) is 0 Å². The minimum atomic E-state index is 0.713. The zero-order valence-electron chi connectivity index (χ0n) is 10.6. The lowest BCUT2D eigenvalue weighted by Crippen LogP contribution is -2.11. The van der Waals surface area contributed by atoms with Crippen molar-refractivity contribution in [2.45, 2.75) is 33.7 Å². The predicted molar refractivity (Wildman–Crippen MR) is 66.7 cm³/mol. The van der Waals surface area contributed by atoms with E-state index in [0.29, 0.717) is 5.92 Å². The second kappa shape index (κ2) is 7.28. The average molecular weight is 225 g/mol. The summed E-state index contributed by atoms with van der Waals surface area (Å²) in [5.41, 5.74) is 0. The first-order valence-corrected chi connectivity index (χ1v) is 6.06. The number of anilines is 1. The molecule has 92 valence electrons. The van der Waals surface area contributed by atoms with Crippen molar-refractivity contribution in [2.75, 3.05) is 25.1 Å². The molecular weight excluding hydrogens is 202 g/mol. The molecule has 0 saturated carbocycles. The van der Waals surface area contributed by atoms with Crippen LogP contribution >= 0.6 is 0 Å². The number of nitrogens with one attached hydrogen (secondary N) is 1. The summed E-state index contributed by atoms with van der Waals surface area (Å²) in [7, 11) is 0. The molecule has 16 heavy (non-hydrogen) atoms. The van der Waals surface area contributed by atoms with Crippen molar-refractivity contribution >= 4 is 5.95 Å². The maximum absolute atomic E-state index is 5.57. The Kier molecular flexibility index (Phi) is 5.93. The van der Waals surface area contributed by atoms with E-state index in [1.54, 1.807) is 0 Å². The number of ether oxygens (including phenoxy) is 1. The van der Waals surface area contributed by atoms with Crippen LogP contribution in [0.3, 0.4) is 0 Å². The molecule has 0 bridgehead atoms. The maximum Gasteiger partial charge on any atom is 0.202 e. The van der Waals surface area contributed by atoms with Gasteiger partial charge in [0, 0.05) is 32.1 Å². The third-order valence-electron chi connectivity index (χ3n) is 2.37. The summed E-state index contributed by atoms with van der Waals surface area (Å²) in [5, 5.41) is 3.21. The lowest BCUT2D eigenvalue weighted by atomic mass is 10.1. The smallest absolute Gasteiger partial charge is 0.202 e. The maximum atomic E-state index is 5.57. The molecule has 0 saturated heterocycles. The molecule has 0 radical (unpaired) electrons. The number of nitrogens with zero attached hydrogens (tertiary/aromatic N) is 2. The van der Waals surface area contributed by atoms with E-state index in [2.05, 4.69) is 35.6 Å². The van der Waals surface area contributed by atoms with Crippen LogP contribution in [0.15, 0.2) is 12.4 Å². The molecule has 1 rings (SSSR count). The van der Waals surface area contributed by atoms with Gasteiger partial charge in [0.1, 0.15) is 0 Å². The highest BCUT2D eigenvalue weighted by molar-refractivity contribution is 5.25. The van der Waals surface area contributed by atoms with Crippen LogP contribution in [0.1, 0.15) is 27.2 Å². The Morgan fingerprint density at radius 3 is 2.94 bits per heavy atom. The lowest BCUT2D eigenvalue weighted by molar-refractivity contribution is 0.116. The number of hydrogen-bond acceptors (Lipinski definition) is 3. The monoisotopic (exact) mass is 225 g/mol. The van der Waals surface area contributed by atoms with E-state index in [1.165, 1.54) is 0 Å². The summed E-state index contributed by atoms with van der Waals surface area (Å²) in [5.74, 6) is 1.64. The van der Waals surface area contributed by atoms with Crippen LogP contribution in [-0.2, 0) is 11.3 Å². The molecule has 1 aromatic rings. The average Bonchev–Trinajstić information content (AvgIpc) is 2.65. The second-order valence-electron chi connectivity index (χ2n) is 4.27. The standard InChI is InChI=1S/C12H23N3O/c1-4-13-12-14-6-7-15(12)8-10-16-9-5-11(2)3/h6-7,11H,4-5,8-10H2,1-3H3,(H,13,14). The zero-order chi connectivity index (χ0) is 11.8. The molecule has 0 spiro atoms. The zero-order valence-corrected chi connectivity index (χ0v) is 10.6. The largest absolute Gasteiger partial charge is 0.380 e. The quantitative estimate of drug-likeness (QED) is 0.690. The first-order valence-electron chi connectivity index (χ1n) is 6.06. The van der Waals surface area contributed by atoms with Gasteiger partial charge in [0.15, 0.2) is 0 Å². The van der Waals surface area contributed by atoms with Gasteiger partial charge in [0.2, 0.25) is 5.95 Å². The summed E-state index contributed by atoms with van der Waals surface area (Å²) in [6, 6.07) is 0. The molecule has 0 atom stereocenters. The van der Waals surface area contributed by atoms with Crippen molar-refractivity contribution < 1.29 is 4.74 Å². The van der Waals surface area contributed by atoms with Crippen molar-refractivity contribution in [3.8, 4) is 0 Å². The van der Waals surface area contributed by atoms with E-state index in [9.17, 15) is 0 Å². The number of aromatic nitrogens is 2. The molecule has 0 amide bonds. The summed E-state index contributed by atoms with van der Waals surface area (Å²) in [4.78, 5) is 4.23. The highest BCUT2D eigenvalue weighted by atomic mass is 16.5. The first kappa shape index (κ1) is 13.0. The molecule has 0 unspecified atom stereocenters. The summed E-state index contributed by atoms with van der Waals surface area (Å²) in [6.45, 7) is 9.85. The fourth-order valence-electron chi connectivity index (χ4n) is 1.40. The third-order valence-corrected chi connectivity index (χ3v) is 2.37. The van der Waals surface area contributed by atoms with Gasteiger partial charge >= 0.3 is 0 Å². The van der Waals surface area contributed by atoms with Gasteiger partial charge in [-0.3, -0.25) is 0 Å². The summed E-state index contributed by atoms with van der Waals surface area (Å²) >= 11 is 0. The Labute approximate surface area is 98.0 Å². The van der Waals surface area contributed by atoms with Gasteiger partial charge in [0.25, 0.3) is 0 Å². The fraction of sp³-hybridized carbons (Fsp3) is 0.750. The Balaban J connectivity index is 2.18. The summed E-state index contributed by atoms with van der Waals surface area (Å²) in [6.07, 6.45) is 4.92. The van der Waals surface area contributed by atoms with E-state index in [1.807, 2.05) is 12.4 Å². The summed E-state index contributed by atoms with van der Waals surface area (Å²) < 4.78 is 7.66. The lowest BCUT2D eigenvalue weighted by Gasteiger charge is -2.09. The molecule has 4 heteroatoms. The number of rotatable bonds is 8. The van der Waals surface area contributed by atoms with Crippen LogP contribution in [0.4, 0.5) is 5.95 Å². The molecule has 0 aromatic carbocycles.